The smallest absolute Gasteiger partial charge is 0.258 e. The third-order valence-corrected chi connectivity index (χ3v) is 4.09. The lowest BCUT2D eigenvalue weighted by atomic mass is 10.2. The van der Waals surface area contributed by atoms with Gasteiger partial charge < -0.3 is 10.6 Å². The maximum Gasteiger partial charge on any atom is 0.258 e. The second kappa shape index (κ2) is 7.51. The third-order valence-electron chi connectivity index (χ3n) is 4.09. The normalized spacial score (nSPS) is 10.2. The predicted octanol–water partition coefficient (Wildman–Crippen LogP) is 3.89. The van der Waals surface area contributed by atoms with Crippen molar-refractivity contribution in [2.24, 2.45) is 0 Å². The Hall–Kier alpha value is -4.31. The molecule has 2 heterocycles. The molecule has 2 aromatic heterocycles. The number of nitrogens with zero attached hydrogens (tertiary/aromatic N) is 4. The highest BCUT2D eigenvalue weighted by atomic mass is 16.1. The van der Waals surface area contributed by atoms with Crippen LogP contribution in [0.3, 0.4) is 0 Å². The van der Waals surface area contributed by atoms with Gasteiger partial charge in [0.2, 0.25) is 5.95 Å². The number of benzene rings is 2. The van der Waals surface area contributed by atoms with E-state index in [2.05, 4.69) is 31.7 Å². The summed E-state index contributed by atoms with van der Waals surface area (Å²) < 4.78 is 0. The molecule has 0 aliphatic rings. The van der Waals surface area contributed by atoms with E-state index < -0.39 is 0 Å². The highest BCUT2D eigenvalue weighted by molar-refractivity contribution is 6.08. The van der Waals surface area contributed by atoms with Crippen molar-refractivity contribution < 1.29 is 4.79 Å². The van der Waals surface area contributed by atoms with Gasteiger partial charge in [-0.3, -0.25) is 9.78 Å². The fourth-order valence-corrected chi connectivity index (χ4v) is 2.72. The first-order chi connectivity index (χ1) is 13.7. The summed E-state index contributed by atoms with van der Waals surface area (Å²) in [7, 11) is 0. The van der Waals surface area contributed by atoms with E-state index in [1.165, 1.54) is 12.4 Å². The van der Waals surface area contributed by atoms with Crippen molar-refractivity contribution in [3.63, 3.8) is 0 Å². The predicted molar refractivity (Wildman–Crippen MR) is 106 cm³/mol. The molecule has 1 amide bonds. The Morgan fingerprint density at radius 3 is 2.46 bits per heavy atom. The molecule has 0 radical (unpaired) electrons. The lowest BCUT2D eigenvalue weighted by molar-refractivity contribution is 0.102. The molecule has 28 heavy (non-hydrogen) atoms. The first-order valence-electron chi connectivity index (χ1n) is 8.48. The van der Waals surface area contributed by atoms with Crippen molar-refractivity contribution in [1.29, 1.82) is 5.26 Å². The number of amides is 1. The number of aromatic nitrogens is 3. The standard InChI is InChI=1S/C21H14N6O/c22-11-15-5-1-2-8-17(15)27-21-24-12-16(13-25-21)20(28)26-18-9-3-6-14-7-4-10-23-19(14)18/h1-10,12-13H,(H,26,28)(H,24,25,27). The molecular weight excluding hydrogens is 352 g/mol. The van der Waals surface area contributed by atoms with Crippen LogP contribution in [0.25, 0.3) is 10.9 Å². The number of para-hydroxylation sites is 2. The summed E-state index contributed by atoms with van der Waals surface area (Å²) in [6, 6.07) is 18.5. The van der Waals surface area contributed by atoms with Crippen LogP contribution in [0.2, 0.25) is 0 Å². The van der Waals surface area contributed by atoms with Gasteiger partial charge in [0.25, 0.3) is 5.91 Å². The van der Waals surface area contributed by atoms with Gasteiger partial charge in [-0.25, -0.2) is 9.97 Å². The monoisotopic (exact) mass is 366 g/mol. The zero-order valence-electron chi connectivity index (χ0n) is 14.6. The van der Waals surface area contributed by atoms with Gasteiger partial charge in [-0.2, -0.15) is 5.26 Å². The molecule has 2 N–H and O–H groups in total. The van der Waals surface area contributed by atoms with Crippen LogP contribution < -0.4 is 10.6 Å². The Bertz CT molecular complexity index is 1190. The molecule has 0 unspecified atom stereocenters. The van der Waals surface area contributed by atoms with Crippen LogP contribution in [0.15, 0.2) is 73.2 Å². The quantitative estimate of drug-likeness (QED) is 0.568. The minimum Gasteiger partial charge on any atom is -0.323 e. The average Bonchev–Trinajstić information content (AvgIpc) is 2.75. The van der Waals surface area contributed by atoms with Crippen LogP contribution in [0, 0.1) is 11.3 Å². The van der Waals surface area contributed by atoms with Crippen LogP contribution >= 0.6 is 0 Å². The van der Waals surface area contributed by atoms with Crippen LogP contribution in [-0.4, -0.2) is 20.9 Å². The van der Waals surface area contributed by atoms with E-state index >= 15 is 0 Å². The minimum atomic E-state index is -0.331. The Labute approximate surface area is 160 Å². The molecule has 7 heteroatoms. The summed E-state index contributed by atoms with van der Waals surface area (Å²) in [6.45, 7) is 0. The summed E-state index contributed by atoms with van der Waals surface area (Å²) >= 11 is 0. The SMILES string of the molecule is N#Cc1ccccc1Nc1ncc(C(=O)Nc2cccc3cccnc23)cn1. The van der Waals surface area contributed by atoms with Gasteiger partial charge in [0.05, 0.1) is 28.0 Å². The van der Waals surface area contributed by atoms with Crippen molar-refractivity contribution in [3.05, 3.63) is 84.3 Å². The van der Waals surface area contributed by atoms with E-state index in [-0.39, 0.29) is 5.91 Å². The van der Waals surface area contributed by atoms with Crippen molar-refractivity contribution >= 4 is 34.1 Å². The fraction of sp³-hybridized carbons (Fsp3) is 0. The lowest BCUT2D eigenvalue weighted by Crippen LogP contribution is -2.13. The van der Waals surface area contributed by atoms with Crippen LogP contribution in [-0.2, 0) is 0 Å². The van der Waals surface area contributed by atoms with E-state index in [1.807, 2.05) is 30.3 Å². The molecule has 4 rings (SSSR count). The van der Waals surface area contributed by atoms with Gasteiger partial charge in [0, 0.05) is 24.0 Å². The summed E-state index contributed by atoms with van der Waals surface area (Å²) in [6.07, 6.45) is 4.54. The van der Waals surface area contributed by atoms with Gasteiger partial charge in [-0.15, -0.1) is 0 Å². The first kappa shape index (κ1) is 17.1. The molecule has 0 saturated heterocycles. The maximum atomic E-state index is 12.5. The molecule has 0 fully saturated rings. The van der Waals surface area contributed by atoms with Crippen molar-refractivity contribution in [3.8, 4) is 6.07 Å². The minimum absolute atomic E-state index is 0.297. The lowest BCUT2D eigenvalue weighted by Gasteiger charge is -2.09. The molecular formula is C21H14N6O. The third kappa shape index (κ3) is 3.48. The summed E-state index contributed by atoms with van der Waals surface area (Å²) in [4.78, 5) is 25.2. The van der Waals surface area contributed by atoms with E-state index in [0.29, 0.717) is 34.0 Å². The number of nitriles is 1. The van der Waals surface area contributed by atoms with Gasteiger partial charge in [0.15, 0.2) is 0 Å². The molecule has 0 saturated carbocycles. The topological polar surface area (TPSA) is 104 Å². The highest BCUT2D eigenvalue weighted by Crippen LogP contribution is 2.21. The zero-order chi connectivity index (χ0) is 19.3. The number of carbonyl (C=O) groups excluding carboxylic acids is 1. The number of hydrogen-bond acceptors (Lipinski definition) is 6. The number of anilines is 3. The molecule has 0 bridgehead atoms. The van der Waals surface area contributed by atoms with Crippen LogP contribution in [0.1, 0.15) is 15.9 Å². The summed E-state index contributed by atoms with van der Waals surface area (Å²) in [5.74, 6) is -0.0341. The van der Waals surface area contributed by atoms with Gasteiger partial charge >= 0.3 is 0 Å². The molecule has 0 atom stereocenters. The van der Waals surface area contributed by atoms with Gasteiger partial charge in [-0.1, -0.05) is 30.3 Å². The van der Waals surface area contributed by atoms with E-state index in [1.54, 1.807) is 30.5 Å². The highest BCUT2D eigenvalue weighted by Gasteiger charge is 2.11. The summed E-state index contributed by atoms with van der Waals surface area (Å²) in [5, 5.41) is 15.9. The molecule has 4 aromatic rings. The van der Waals surface area contributed by atoms with E-state index in [9.17, 15) is 4.79 Å². The number of fused-ring (bicyclic) bond motifs is 1. The zero-order valence-corrected chi connectivity index (χ0v) is 14.6. The Kier molecular flexibility index (Phi) is 4.59. The second-order valence-electron chi connectivity index (χ2n) is 5.91. The van der Waals surface area contributed by atoms with Crippen molar-refractivity contribution in [2.75, 3.05) is 10.6 Å². The molecule has 7 nitrogen and oxygen atoms in total. The molecule has 0 aliphatic carbocycles. The van der Waals surface area contributed by atoms with E-state index in [4.69, 9.17) is 5.26 Å². The molecule has 0 aliphatic heterocycles. The number of nitrogens with one attached hydrogen (secondary N) is 2. The van der Waals surface area contributed by atoms with Crippen LogP contribution in [0.5, 0.6) is 0 Å². The van der Waals surface area contributed by atoms with Crippen molar-refractivity contribution in [1.82, 2.24) is 15.0 Å². The largest absolute Gasteiger partial charge is 0.323 e. The summed E-state index contributed by atoms with van der Waals surface area (Å²) in [5.41, 5.74) is 2.73. The fourth-order valence-electron chi connectivity index (χ4n) is 2.72. The van der Waals surface area contributed by atoms with E-state index in [0.717, 1.165) is 5.39 Å². The molecule has 0 spiro atoms. The Balaban J connectivity index is 1.52. The average molecular weight is 366 g/mol. The first-order valence-corrected chi connectivity index (χ1v) is 8.48. The van der Waals surface area contributed by atoms with Crippen LogP contribution in [0.4, 0.5) is 17.3 Å². The molecule has 134 valence electrons. The van der Waals surface area contributed by atoms with Gasteiger partial charge in [0.1, 0.15) is 6.07 Å². The number of hydrogen-bond donors (Lipinski definition) is 2. The Morgan fingerprint density at radius 1 is 0.893 bits per heavy atom. The number of pyridine rings is 1. The number of rotatable bonds is 4. The Morgan fingerprint density at radius 2 is 1.64 bits per heavy atom. The second-order valence-corrected chi connectivity index (χ2v) is 5.91. The maximum absolute atomic E-state index is 12.5. The van der Waals surface area contributed by atoms with Gasteiger partial charge in [-0.05, 0) is 24.3 Å². The van der Waals surface area contributed by atoms with Crippen molar-refractivity contribution in [2.45, 2.75) is 0 Å². The number of carbonyl (C=O) groups is 1. The molecule has 2 aromatic carbocycles.